The molecular weight excluding hydrogens is 540 g/mol. The molecule has 0 saturated carbocycles. The van der Waals surface area contributed by atoms with Crippen molar-refractivity contribution in [2.24, 2.45) is 0 Å². The molecule has 0 bridgehead atoms. The highest BCUT2D eigenvalue weighted by Gasteiger charge is 2.25. The first-order valence-electron chi connectivity index (χ1n) is 14.5. The molecule has 0 amide bonds. The van der Waals surface area contributed by atoms with Gasteiger partial charge in [0.15, 0.2) is 29.0 Å². The fourth-order valence-electron chi connectivity index (χ4n) is 5.54. The number of benzene rings is 6. The second kappa shape index (κ2) is 11.0. The molecule has 44 heavy (non-hydrogen) atoms. The van der Waals surface area contributed by atoms with Gasteiger partial charge in [0.05, 0.1) is 11.4 Å². The normalized spacial score (nSPS) is 11.8. The Bertz CT molecular complexity index is 2030. The standard InChI is InChI=1S/C39H26N4O/c1-3-11-27(12-4-1)28-19-21-30(22-20-28)38-40-37(29-13-5-2-6-14-29)41-39(42-38)31-23-25-32(26-24-31)43-33-15-7-9-17-35(33)44-36-18-10-8-16-34(36)43/h1-26H. The number of hydrogen-bond donors (Lipinski definition) is 0. The Morgan fingerprint density at radius 3 is 1.23 bits per heavy atom. The van der Waals surface area contributed by atoms with Crippen LogP contribution in [-0.2, 0) is 0 Å². The van der Waals surface area contributed by atoms with E-state index in [-0.39, 0.29) is 0 Å². The number of anilines is 3. The van der Waals surface area contributed by atoms with E-state index in [4.69, 9.17) is 19.7 Å². The van der Waals surface area contributed by atoms with Crippen LogP contribution in [0.15, 0.2) is 158 Å². The first kappa shape index (κ1) is 25.6. The number of fused-ring (bicyclic) bond motifs is 2. The number of rotatable bonds is 5. The van der Waals surface area contributed by atoms with Gasteiger partial charge < -0.3 is 9.64 Å². The molecule has 0 aliphatic carbocycles. The largest absolute Gasteiger partial charge is 0.453 e. The third-order valence-electron chi connectivity index (χ3n) is 7.73. The van der Waals surface area contributed by atoms with Gasteiger partial charge in [-0.05, 0) is 59.7 Å². The van der Waals surface area contributed by atoms with Crippen LogP contribution in [0.4, 0.5) is 17.1 Å². The molecule has 0 saturated heterocycles. The van der Waals surface area contributed by atoms with Gasteiger partial charge in [-0.2, -0.15) is 0 Å². The molecule has 1 aliphatic rings. The minimum Gasteiger partial charge on any atom is -0.453 e. The van der Waals surface area contributed by atoms with Crippen LogP contribution in [0.5, 0.6) is 11.5 Å². The molecule has 0 radical (unpaired) electrons. The summed E-state index contributed by atoms with van der Waals surface area (Å²) in [7, 11) is 0. The van der Waals surface area contributed by atoms with E-state index >= 15 is 0 Å². The highest BCUT2D eigenvalue weighted by atomic mass is 16.5. The molecule has 1 aliphatic heterocycles. The Kier molecular flexibility index (Phi) is 6.39. The third-order valence-corrected chi connectivity index (χ3v) is 7.73. The van der Waals surface area contributed by atoms with E-state index in [0.29, 0.717) is 17.5 Å². The van der Waals surface area contributed by atoms with Crippen molar-refractivity contribution >= 4 is 17.1 Å². The van der Waals surface area contributed by atoms with Gasteiger partial charge in [0.2, 0.25) is 0 Å². The first-order valence-corrected chi connectivity index (χ1v) is 14.5. The summed E-state index contributed by atoms with van der Waals surface area (Å²) in [5.41, 5.74) is 8.11. The molecule has 7 aromatic rings. The molecule has 5 heteroatoms. The number of ether oxygens (including phenoxy) is 1. The molecule has 0 N–H and O–H groups in total. The van der Waals surface area contributed by atoms with Crippen molar-refractivity contribution in [3.63, 3.8) is 0 Å². The summed E-state index contributed by atoms with van der Waals surface area (Å²) in [4.78, 5) is 17.0. The molecule has 0 atom stereocenters. The van der Waals surface area contributed by atoms with E-state index in [1.165, 1.54) is 5.56 Å². The minimum absolute atomic E-state index is 0.621. The van der Waals surface area contributed by atoms with E-state index in [1.54, 1.807) is 0 Å². The highest BCUT2D eigenvalue weighted by molar-refractivity contribution is 5.86. The second-order valence-corrected chi connectivity index (χ2v) is 10.5. The van der Waals surface area contributed by atoms with Gasteiger partial charge in [0.25, 0.3) is 0 Å². The summed E-state index contributed by atoms with van der Waals surface area (Å²) in [5.74, 6) is 3.54. The summed E-state index contributed by atoms with van der Waals surface area (Å²) in [6.45, 7) is 0. The zero-order valence-corrected chi connectivity index (χ0v) is 23.7. The van der Waals surface area contributed by atoms with E-state index in [0.717, 1.165) is 50.8 Å². The number of hydrogen-bond acceptors (Lipinski definition) is 5. The lowest BCUT2D eigenvalue weighted by Gasteiger charge is -2.32. The Balaban J connectivity index is 1.19. The van der Waals surface area contributed by atoms with Gasteiger partial charge >= 0.3 is 0 Å². The van der Waals surface area contributed by atoms with Gasteiger partial charge in [-0.25, -0.2) is 15.0 Å². The maximum atomic E-state index is 6.20. The molecule has 208 valence electrons. The lowest BCUT2D eigenvalue weighted by Crippen LogP contribution is -2.15. The van der Waals surface area contributed by atoms with Crippen LogP contribution in [0.1, 0.15) is 0 Å². The molecule has 1 aromatic heterocycles. The van der Waals surface area contributed by atoms with Gasteiger partial charge in [-0.1, -0.05) is 109 Å². The lowest BCUT2D eigenvalue weighted by atomic mass is 10.0. The van der Waals surface area contributed by atoms with Crippen LogP contribution < -0.4 is 9.64 Å². The minimum atomic E-state index is 0.621. The highest BCUT2D eigenvalue weighted by Crippen LogP contribution is 2.50. The SMILES string of the molecule is c1ccc(-c2ccc(-c3nc(-c4ccccc4)nc(-c4ccc(N5c6ccccc6Oc6ccccc65)cc4)n3)cc2)cc1. The molecule has 8 rings (SSSR count). The monoisotopic (exact) mass is 566 g/mol. The van der Waals surface area contributed by atoms with Gasteiger partial charge in [-0.15, -0.1) is 0 Å². The quantitative estimate of drug-likeness (QED) is 0.207. The maximum absolute atomic E-state index is 6.20. The van der Waals surface area contributed by atoms with Crippen LogP contribution in [0, 0.1) is 0 Å². The van der Waals surface area contributed by atoms with Crippen LogP contribution in [0.3, 0.4) is 0 Å². The summed E-state index contributed by atoms with van der Waals surface area (Å²) >= 11 is 0. The topological polar surface area (TPSA) is 51.1 Å². The van der Waals surface area contributed by atoms with Crippen molar-refractivity contribution in [2.75, 3.05) is 4.90 Å². The lowest BCUT2D eigenvalue weighted by molar-refractivity contribution is 0.477. The summed E-state index contributed by atoms with van der Waals surface area (Å²) < 4.78 is 6.20. The molecule has 6 aromatic carbocycles. The first-order chi connectivity index (χ1) is 21.8. The Hall–Kier alpha value is -6.07. The molecule has 2 heterocycles. The van der Waals surface area contributed by atoms with Gasteiger partial charge in [0, 0.05) is 22.4 Å². The number of aromatic nitrogens is 3. The Morgan fingerprint density at radius 2 is 0.705 bits per heavy atom. The van der Waals surface area contributed by atoms with Crippen LogP contribution in [0.25, 0.3) is 45.3 Å². The Morgan fingerprint density at radius 1 is 0.341 bits per heavy atom. The molecule has 0 unspecified atom stereocenters. The average molecular weight is 567 g/mol. The summed E-state index contributed by atoms with van der Waals surface area (Å²) in [6.07, 6.45) is 0. The maximum Gasteiger partial charge on any atom is 0.164 e. The smallest absolute Gasteiger partial charge is 0.164 e. The van der Waals surface area contributed by atoms with E-state index in [1.807, 2.05) is 72.8 Å². The van der Waals surface area contributed by atoms with E-state index in [2.05, 4.69) is 89.8 Å². The summed E-state index contributed by atoms with van der Waals surface area (Å²) in [5, 5.41) is 0. The van der Waals surface area contributed by atoms with Crippen molar-refractivity contribution in [3.05, 3.63) is 158 Å². The molecular formula is C39H26N4O. The predicted molar refractivity (Wildman–Crippen MR) is 176 cm³/mol. The summed E-state index contributed by atoms with van der Waals surface area (Å²) in [6, 6.07) is 53.3. The second-order valence-electron chi connectivity index (χ2n) is 10.5. The van der Waals surface area contributed by atoms with Crippen molar-refractivity contribution in [1.82, 2.24) is 15.0 Å². The molecule has 5 nitrogen and oxygen atoms in total. The van der Waals surface area contributed by atoms with E-state index < -0.39 is 0 Å². The number of nitrogens with zero attached hydrogens (tertiary/aromatic N) is 4. The van der Waals surface area contributed by atoms with Crippen molar-refractivity contribution < 1.29 is 4.74 Å². The van der Waals surface area contributed by atoms with Crippen LogP contribution >= 0.6 is 0 Å². The van der Waals surface area contributed by atoms with Crippen LogP contribution in [0.2, 0.25) is 0 Å². The van der Waals surface area contributed by atoms with E-state index in [9.17, 15) is 0 Å². The third kappa shape index (κ3) is 4.76. The van der Waals surface area contributed by atoms with Crippen molar-refractivity contribution in [1.29, 1.82) is 0 Å². The molecule has 0 spiro atoms. The zero-order valence-electron chi connectivity index (χ0n) is 23.7. The van der Waals surface area contributed by atoms with Crippen molar-refractivity contribution in [2.45, 2.75) is 0 Å². The average Bonchev–Trinajstić information content (AvgIpc) is 3.11. The van der Waals surface area contributed by atoms with Crippen molar-refractivity contribution in [3.8, 4) is 56.8 Å². The fourth-order valence-corrected chi connectivity index (χ4v) is 5.54. The Labute approximate surface area is 255 Å². The zero-order chi connectivity index (χ0) is 29.3. The predicted octanol–water partition coefficient (Wildman–Crippen LogP) is 10.1. The molecule has 0 fully saturated rings. The van der Waals surface area contributed by atoms with Crippen LogP contribution in [-0.4, -0.2) is 15.0 Å². The van der Waals surface area contributed by atoms with Gasteiger partial charge in [0.1, 0.15) is 0 Å². The fraction of sp³-hybridized carbons (Fsp3) is 0. The number of para-hydroxylation sites is 4. The van der Waals surface area contributed by atoms with Gasteiger partial charge in [-0.3, -0.25) is 0 Å².